The number of piperidine rings is 3. The lowest BCUT2D eigenvalue weighted by molar-refractivity contribution is -0.0523. The summed E-state index contributed by atoms with van der Waals surface area (Å²) in [6, 6.07) is 18.7. The second-order valence-electron chi connectivity index (χ2n) is 12.6. The molecular formula is C33H35Br2ClN4O4S2. The Morgan fingerprint density at radius 1 is 0.826 bits per heavy atom. The van der Waals surface area contributed by atoms with Gasteiger partial charge in [0, 0.05) is 39.0 Å². The molecular weight excluding hydrogens is 776 g/mol. The Labute approximate surface area is 292 Å². The van der Waals surface area contributed by atoms with Crippen molar-refractivity contribution in [2.24, 2.45) is 11.8 Å². The molecule has 0 bridgehead atoms. The molecule has 0 N–H and O–H groups in total. The van der Waals surface area contributed by atoms with Crippen LogP contribution in [0.15, 0.2) is 85.5 Å². The molecule has 3 fully saturated rings. The molecule has 46 heavy (non-hydrogen) atoms. The molecule has 3 aliphatic heterocycles. The Bertz CT molecular complexity index is 1970. The van der Waals surface area contributed by atoms with Gasteiger partial charge in [-0.2, -0.15) is 4.31 Å². The maximum absolute atomic E-state index is 14.3. The maximum Gasteiger partial charge on any atom is 0.269 e. The first-order valence-corrected chi connectivity index (χ1v) is 20.6. The maximum atomic E-state index is 14.3. The molecule has 3 aromatic carbocycles. The zero-order valence-electron chi connectivity index (χ0n) is 25.1. The van der Waals surface area contributed by atoms with Gasteiger partial charge >= 0.3 is 0 Å². The van der Waals surface area contributed by atoms with Crippen LogP contribution in [0.1, 0.15) is 44.3 Å². The largest absolute Gasteiger partial charge is 0.300 e. The van der Waals surface area contributed by atoms with E-state index < -0.39 is 20.0 Å². The predicted octanol–water partition coefficient (Wildman–Crippen LogP) is 7.34. The topological polar surface area (TPSA) is 92.6 Å². The van der Waals surface area contributed by atoms with Crippen molar-refractivity contribution in [2.45, 2.75) is 66.8 Å². The van der Waals surface area contributed by atoms with E-state index in [-0.39, 0.29) is 16.9 Å². The zero-order valence-corrected chi connectivity index (χ0v) is 30.7. The average molecular weight is 811 g/mol. The molecule has 1 aromatic heterocycles. The second-order valence-corrected chi connectivity index (χ2v) is 18.6. The Balaban J connectivity index is 1.23. The van der Waals surface area contributed by atoms with Crippen molar-refractivity contribution >= 4 is 74.5 Å². The summed E-state index contributed by atoms with van der Waals surface area (Å²) in [7, 11) is -7.73. The Morgan fingerprint density at radius 2 is 1.46 bits per heavy atom. The molecule has 8 nitrogen and oxygen atoms in total. The monoisotopic (exact) mass is 808 g/mol. The SMILES string of the molecule is O=S(=O)(c1ccc(Br)cc1)N1C[C@@H]2CCCN3CCC[C@@H]([C@H]23)[C@H]1CCCc1nc2ccc(Cl)cc2n1S(=O)(=O)c1ccc(Br)cc1. The third-order valence-corrected chi connectivity index (χ3v) is 14.9. The molecule has 0 spiro atoms. The number of rotatable bonds is 8. The lowest BCUT2D eigenvalue weighted by Crippen LogP contribution is -2.65. The van der Waals surface area contributed by atoms with E-state index in [9.17, 15) is 16.8 Å². The number of hydrogen-bond acceptors (Lipinski definition) is 6. The van der Waals surface area contributed by atoms with Gasteiger partial charge in [-0.15, -0.1) is 0 Å². The van der Waals surface area contributed by atoms with Crippen molar-refractivity contribution in [1.82, 2.24) is 18.2 Å². The van der Waals surface area contributed by atoms with Crippen LogP contribution in [-0.4, -0.2) is 66.7 Å². The van der Waals surface area contributed by atoms with Gasteiger partial charge < -0.3 is 0 Å². The van der Waals surface area contributed by atoms with Crippen molar-refractivity contribution < 1.29 is 16.8 Å². The molecule has 0 radical (unpaired) electrons. The number of halogens is 3. The molecule has 0 amide bonds. The van der Waals surface area contributed by atoms with Crippen molar-refractivity contribution in [3.05, 3.63) is 86.5 Å². The van der Waals surface area contributed by atoms with Crippen LogP contribution >= 0.6 is 43.5 Å². The molecule has 3 aliphatic rings. The minimum Gasteiger partial charge on any atom is -0.300 e. The number of hydrogen-bond donors (Lipinski definition) is 0. The fraction of sp³-hybridized carbons (Fsp3) is 0.424. The van der Waals surface area contributed by atoms with Gasteiger partial charge in [-0.3, -0.25) is 4.90 Å². The second kappa shape index (κ2) is 12.9. The molecule has 7 rings (SSSR count). The highest BCUT2D eigenvalue weighted by molar-refractivity contribution is 9.10. The summed E-state index contributed by atoms with van der Waals surface area (Å²) in [5.41, 5.74) is 0.973. The van der Waals surface area contributed by atoms with Crippen molar-refractivity contribution in [1.29, 1.82) is 0 Å². The number of aromatic nitrogens is 2. The zero-order chi connectivity index (χ0) is 32.2. The van der Waals surface area contributed by atoms with E-state index in [4.69, 9.17) is 16.6 Å². The lowest BCUT2D eigenvalue weighted by atomic mass is 9.70. The first-order valence-electron chi connectivity index (χ1n) is 15.7. The van der Waals surface area contributed by atoms with Gasteiger partial charge in [-0.25, -0.2) is 25.8 Å². The third kappa shape index (κ3) is 6.01. The molecule has 244 valence electrons. The fourth-order valence-electron chi connectivity index (χ4n) is 8.02. The van der Waals surface area contributed by atoms with Crippen LogP contribution in [-0.2, 0) is 26.5 Å². The van der Waals surface area contributed by atoms with E-state index >= 15 is 0 Å². The number of fused-ring (bicyclic) bond motifs is 1. The third-order valence-electron chi connectivity index (χ3n) is 9.94. The molecule has 13 heteroatoms. The van der Waals surface area contributed by atoms with Crippen LogP contribution in [0.4, 0.5) is 0 Å². The Kier molecular flexibility index (Phi) is 9.19. The van der Waals surface area contributed by atoms with Crippen molar-refractivity contribution in [3.8, 4) is 0 Å². The summed E-state index contributed by atoms with van der Waals surface area (Å²) in [4.78, 5) is 7.83. The van der Waals surface area contributed by atoms with Crippen LogP contribution in [0.25, 0.3) is 11.0 Å². The molecule has 4 atom stereocenters. The molecule has 0 saturated carbocycles. The summed E-state index contributed by atoms with van der Waals surface area (Å²) < 4.78 is 61.4. The fourth-order valence-corrected chi connectivity index (χ4v) is 12.0. The van der Waals surface area contributed by atoms with Gasteiger partial charge in [0.15, 0.2) is 0 Å². The lowest BCUT2D eigenvalue weighted by Gasteiger charge is -2.57. The molecule has 3 saturated heterocycles. The van der Waals surface area contributed by atoms with Crippen molar-refractivity contribution in [2.75, 3.05) is 19.6 Å². The van der Waals surface area contributed by atoms with Crippen LogP contribution in [0, 0.1) is 11.8 Å². The van der Waals surface area contributed by atoms with Crippen LogP contribution < -0.4 is 0 Å². The van der Waals surface area contributed by atoms with Gasteiger partial charge in [-0.05, 0) is 130 Å². The standard InChI is InChI=1S/C33H35Br2ClN4O4S2/c34-23-8-13-26(14-9-23)45(41,42)39-21-22-4-2-18-38-19-3-5-28(33(22)38)30(39)6-1-7-32-37-29-17-12-25(36)20-31(29)40(32)46(43,44)27-15-10-24(35)11-16-27/h8-17,20,22,28,30,33H,1-7,18-19,21H2/t22-,28+,30+,33-/m0/s1. The highest BCUT2D eigenvalue weighted by Gasteiger charge is 2.51. The minimum absolute atomic E-state index is 0.154. The van der Waals surface area contributed by atoms with Gasteiger partial charge in [0.25, 0.3) is 10.0 Å². The minimum atomic E-state index is -3.99. The summed E-state index contributed by atoms with van der Waals surface area (Å²) in [5, 5.41) is 0.422. The van der Waals surface area contributed by atoms with E-state index in [1.165, 1.54) is 3.97 Å². The van der Waals surface area contributed by atoms with Crippen LogP contribution in [0.5, 0.6) is 0 Å². The average Bonchev–Trinajstić information content (AvgIpc) is 3.40. The molecule has 0 unspecified atom stereocenters. The number of nitrogens with zero attached hydrogens (tertiary/aromatic N) is 4. The first kappa shape index (κ1) is 32.7. The summed E-state index contributed by atoms with van der Waals surface area (Å²) in [5.74, 6) is 0.951. The number of benzene rings is 3. The highest BCUT2D eigenvalue weighted by atomic mass is 79.9. The molecule has 4 heterocycles. The van der Waals surface area contributed by atoms with E-state index in [1.54, 1.807) is 71.0 Å². The quantitative estimate of drug-likeness (QED) is 0.185. The Hall–Kier alpha value is -1.80. The predicted molar refractivity (Wildman–Crippen MR) is 187 cm³/mol. The van der Waals surface area contributed by atoms with E-state index in [0.29, 0.717) is 64.5 Å². The van der Waals surface area contributed by atoms with Crippen LogP contribution in [0.3, 0.4) is 0 Å². The molecule has 0 aliphatic carbocycles. The number of aryl methyl sites for hydroxylation is 1. The van der Waals surface area contributed by atoms with E-state index in [0.717, 1.165) is 47.7 Å². The summed E-state index contributed by atoms with van der Waals surface area (Å²) in [6.07, 6.45) is 5.74. The van der Waals surface area contributed by atoms with Crippen LogP contribution in [0.2, 0.25) is 5.02 Å². The number of imidazole rings is 1. The van der Waals surface area contributed by atoms with Gasteiger partial charge in [0.05, 0.1) is 20.8 Å². The summed E-state index contributed by atoms with van der Waals surface area (Å²) in [6.45, 7) is 2.66. The smallest absolute Gasteiger partial charge is 0.269 e. The molecule has 4 aromatic rings. The van der Waals surface area contributed by atoms with Gasteiger partial charge in [0.2, 0.25) is 10.0 Å². The van der Waals surface area contributed by atoms with Gasteiger partial charge in [-0.1, -0.05) is 43.5 Å². The first-order chi connectivity index (χ1) is 22.0. The normalized spacial score (nSPS) is 24.2. The number of sulfonamides is 1. The Morgan fingerprint density at radius 3 is 2.13 bits per heavy atom. The summed E-state index contributed by atoms with van der Waals surface area (Å²) >= 11 is 13.2. The van der Waals surface area contributed by atoms with Gasteiger partial charge in [0.1, 0.15) is 5.82 Å². The van der Waals surface area contributed by atoms with E-state index in [1.807, 2.05) is 0 Å². The highest BCUT2D eigenvalue weighted by Crippen LogP contribution is 2.45. The van der Waals surface area contributed by atoms with E-state index in [2.05, 4.69) is 36.8 Å². The van der Waals surface area contributed by atoms with Crippen molar-refractivity contribution in [3.63, 3.8) is 0 Å².